The molecule has 2 atom stereocenters. The zero-order chi connectivity index (χ0) is 24.8. The van der Waals surface area contributed by atoms with E-state index in [1.165, 1.54) is 15.9 Å². The highest BCUT2D eigenvalue weighted by Crippen LogP contribution is 2.34. The number of carbonyl (C=O) groups is 2. The molecule has 4 rings (SSSR count). The summed E-state index contributed by atoms with van der Waals surface area (Å²) in [7, 11) is 0. The summed E-state index contributed by atoms with van der Waals surface area (Å²) in [5.74, 6) is 0.708. The fourth-order valence-corrected chi connectivity index (χ4v) is 4.95. The van der Waals surface area contributed by atoms with Crippen molar-refractivity contribution < 1.29 is 14.3 Å². The molecule has 0 unspecified atom stereocenters. The van der Waals surface area contributed by atoms with Gasteiger partial charge in [0.05, 0.1) is 12.2 Å². The first-order chi connectivity index (χ1) is 15.9. The monoisotopic (exact) mass is 484 g/mol. The number of nitrogens with one attached hydrogen (secondary N) is 2. The molecule has 0 aliphatic carbocycles. The number of nitrogens with two attached hydrogens (primary N) is 1. The van der Waals surface area contributed by atoms with Gasteiger partial charge in [-0.1, -0.05) is 6.92 Å². The minimum absolute atomic E-state index is 0.0194. The molecule has 11 heteroatoms. The van der Waals surface area contributed by atoms with Crippen LogP contribution in [0.3, 0.4) is 0 Å². The molecule has 0 bridgehead atoms. The molecule has 34 heavy (non-hydrogen) atoms. The van der Waals surface area contributed by atoms with E-state index < -0.39 is 17.7 Å². The summed E-state index contributed by atoms with van der Waals surface area (Å²) >= 11 is 1.48. The Kier molecular flexibility index (Phi) is 6.07. The van der Waals surface area contributed by atoms with E-state index in [9.17, 15) is 14.4 Å². The molecular formula is C23H28N6O4S. The predicted octanol–water partition coefficient (Wildman–Crippen LogP) is 3.46. The van der Waals surface area contributed by atoms with Gasteiger partial charge >= 0.3 is 6.09 Å². The predicted molar refractivity (Wildman–Crippen MR) is 131 cm³/mol. The van der Waals surface area contributed by atoms with E-state index in [4.69, 9.17) is 10.5 Å². The van der Waals surface area contributed by atoms with E-state index in [1.807, 2.05) is 13.0 Å². The van der Waals surface area contributed by atoms with Gasteiger partial charge in [-0.2, -0.15) is 0 Å². The Morgan fingerprint density at radius 1 is 1.32 bits per heavy atom. The molecule has 3 aromatic heterocycles. The number of anilines is 2. The quantitative estimate of drug-likeness (QED) is 0.515. The fraction of sp³-hybridized carbons (Fsp3) is 0.435. The van der Waals surface area contributed by atoms with Gasteiger partial charge in [-0.25, -0.2) is 14.8 Å². The molecule has 0 fully saturated rings. The van der Waals surface area contributed by atoms with Crippen molar-refractivity contribution in [2.24, 2.45) is 0 Å². The third-order valence-electron chi connectivity index (χ3n) is 5.52. The first kappa shape index (κ1) is 23.7. The Morgan fingerprint density at radius 2 is 2.06 bits per heavy atom. The molecule has 4 heterocycles. The van der Waals surface area contributed by atoms with Crippen molar-refractivity contribution in [2.45, 2.75) is 65.1 Å². The lowest BCUT2D eigenvalue weighted by Crippen LogP contribution is -2.36. The van der Waals surface area contributed by atoms with Crippen LogP contribution in [0.2, 0.25) is 0 Å². The number of nitrogens with zero attached hydrogens (tertiary/aromatic N) is 3. The summed E-state index contributed by atoms with van der Waals surface area (Å²) in [4.78, 5) is 47.3. The average Bonchev–Trinajstić information content (AvgIpc) is 3.29. The van der Waals surface area contributed by atoms with Gasteiger partial charge in [0.15, 0.2) is 0 Å². The van der Waals surface area contributed by atoms with Crippen LogP contribution in [0.1, 0.15) is 62.5 Å². The lowest BCUT2D eigenvalue weighted by atomic mass is 10.1. The third-order valence-corrected chi connectivity index (χ3v) is 6.62. The number of rotatable bonds is 4. The number of hydrogen-bond donors (Lipinski definition) is 3. The van der Waals surface area contributed by atoms with E-state index >= 15 is 0 Å². The van der Waals surface area contributed by atoms with Crippen LogP contribution in [0.4, 0.5) is 16.3 Å². The molecule has 0 saturated carbocycles. The molecule has 1 aliphatic heterocycles. The number of aromatic nitrogens is 3. The summed E-state index contributed by atoms with van der Waals surface area (Å²) in [6.45, 7) is 9.31. The minimum Gasteiger partial charge on any atom is -0.444 e. The van der Waals surface area contributed by atoms with Crippen molar-refractivity contribution in [3.05, 3.63) is 45.1 Å². The van der Waals surface area contributed by atoms with E-state index in [0.29, 0.717) is 30.3 Å². The molecule has 3 aromatic rings. The van der Waals surface area contributed by atoms with Crippen molar-refractivity contribution >= 4 is 44.9 Å². The molecule has 1 aliphatic rings. The Bertz CT molecular complexity index is 1340. The van der Waals surface area contributed by atoms with Gasteiger partial charge in [-0.05, 0) is 46.2 Å². The smallest absolute Gasteiger partial charge is 0.413 e. The number of amides is 2. The lowest BCUT2D eigenvalue weighted by Gasteiger charge is -2.19. The number of ether oxygens (including phenoxy) is 1. The second-order valence-corrected chi connectivity index (χ2v) is 10.6. The zero-order valence-electron chi connectivity index (χ0n) is 19.8. The van der Waals surface area contributed by atoms with E-state index in [0.717, 1.165) is 15.0 Å². The normalized spacial score (nSPS) is 17.4. The largest absolute Gasteiger partial charge is 0.444 e. The lowest BCUT2D eigenvalue weighted by molar-refractivity contribution is -0.124. The highest BCUT2D eigenvalue weighted by Gasteiger charge is 2.36. The summed E-state index contributed by atoms with van der Waals surface area (Å²) in [6.07, 6.45) is 1.58. The maximum absolute atomic E-state index is 13.0. The van der Waals surface area contributed by atoms with Gasteiger partial charge in [0.2, 0.25) is 5.91 Å². The highest BCUT2D eigenvalue weighted by atomic mass is 32.1. The molecule has 180 valence electrons. The summed E-state index contributed by atoms with van der Waals surface area (Å²) < 4.78 is 7.59. The third kappa shape index (κ3) is 4.74. The molecule has 10 nitrogen and oxygen atoms in total. The van der Waals surface area contributed by atoms with Crippen molar-refractivity contribution in [2.75, 3.05) is 11.1 Å². The van der Waals surface area contributed by atoms with E-state index in [1.54, 1.807) is 40.0 Å². The summed E-state index contributed by atoms with van der Waals surface area (Å²) in [5.41, 5.74) is 5.46. The number of thiophene rings is 1. The topological polar surface area (TPSA) is 141 Å². The van der Waals surface area contributed by atoms with E-state index in [2.05, 4.69) is 20.6 Å². The van der Waals surface area contributed by atoms with E-state index in [-0.39, 0.29) is 23.1 Å². The second-order valence-electron chi connectivity index (χ2n) is 9.46. The molecule has 0 radical (unpaired) electrons. The standard InChI is InChI=1S/C23H28N6O4S/c1-11-6-15(29-19(11)27-12(2)18(24)21(29)31)20(30)26-10-14-7-13-9-25-17(8-16(13)34-14)28-22(32)33-23(3,4)5/h7-9,11,15H,6,10,24H2,1-5H3,(H,26,30)(H,25,28,32)/t11-,15+/m1/s1. The van der Waals surface area contributed by atoms with Crippen LogP contribution in [0, 0.1) is 6.92 Å². The Hall–Kier alpha value is -3.47. The van der Waals surface area contributed by atoms with Crippen LogP contribution in [0.15, 0.2) is 23.1 Å². The molecule has 0 spiro atoms. The average molecular weight is 485 g/mol. The van der Waals surface area contributed by atoms with Crippen LogP contribution in [0.25, 0.3) is 10.1 Å². The molecular weight excluding hydrogens is 456 g/mol. The Morgan fingerprint density at radius 3 is 2.76 bits per heavy atom. The van der Waals surface area contributed by atoms with Gasteiger partial charge in [0.25, 0.3) is 5.56 Å². The fourth-order valence-electron chi connectivity index (χ4n) is 3.94. The minimum atomic E-state index is -0.645. The number of aryl methyl sites for hydroxylation is 1. The van der Waals surface area contributed by atoms with Crippen LogP contribution < -0.4 is 21.9 Å². The summed E-state index contributed by atoms with van der Waals surface area (Å²) in [6, 6.07) is 3.05. The Balaban J connectivity index is 1.45. The zero-order valence-corrected chi connectivity index (χ0v) is 20.6. The summed E-state index contributed by atoms with van der Waals surface area (Å²) in [5, 5.41) is 6.46. The first-order valence-corrected chi connectivity index (χ1v) is 11.8. The van der Waals surface area contributed by atoms with Crippen molar-refractivity contribution in [1.82, 2.24) is 19.9 Å². The number of fused-ring (bicyclic) bond motifs is 2. The van der Waals surface area contributed by atoms with Gasteiger partial charge < -0.3 is 15.8 Å². The first-order valence-electron chi connectivity index (χ1n) is 11.0. The van der Waals surface area contributed by atoms with Crippen LogP contribution >= 0.6 is 11.3 Å². The van der Waals surface area contributed by atoms with Gasteiger partial charge in [0, 0.05) is 27.1 Å². The maximum atomic E-state index is 13.0. The maximum Gasteiger partial charge on any atom is 0.413 e. The molecule has 2 amide bonds. The van der Waals surface area contributed by atoms with Crippen molar-refractivity contribution in [3.63, 3.8) is 0 Å². The number of nitrogen functional groups attached to an aromatic ring is 1. The van der Waals surface area contributed by atoms with Crippen molar-refractivity contribution in [3.8, 4) is 0 Å². The van der Waals surface area contributed by atoms with Crippen LogP contribution in [-0.2, 0) is 16.1 Å². The highest BCUT2D eigenvalue weighted by molar-refractivity contribution is 7.19. The number of pyridine rings is 1. The van der Waals surface area contributed by atoms with Crippen molar-refractivity contribution in [1.29, 1.82) is 0 Å². The SMILES string of the molecule is Cc1nc2n(c(=O)c1N)[C@H](C(=O)NCc1cc3cnc(NC(=O)OC(C)(C)C)cc3s1)C[C@H]2C. The van der Waals surface area contributed by atoms with Crippen LogP contribution in [0.5, 0.6) is 0 Å². The number of hydrogen-bond acceptors (Lipinski definition) is 8. The number of carbonyl (C=O) groups excluding carboxylic acids is 2. The Labute approximate surface area is 200 Å². The van der Waals surface area contributed by atoms with Gasteiger partial charge in [-0.15, -0.1) is 11.3 Å². The molecule has 0 saturated heterocycles. The van der Waals surface area contributed by atoms with Gasteiger partial charge in [0.1, 0.15) is 29.0 Å². The molecule has 0 aromatic carbocycles. The van der Waals surface area contributed by atoms with Gasteiger partial charge in [-0.3, -0.25) is 19.5 Å². The molecule has 4 N–H and O–H groups in total. The second kappa shape index (κ2) is 8.71. The van der Waals surface area contributed by atoms with Crippen LogP contribution in [-0.4, -0.2) is 32.1 Å².